The maximum atomic E-state index is 12.1. The maximum Gasteiger partial charge on any atom is 0.312 e. The fourth-order valence-corrected chi connectivity index (χ4v) is 4.90. The molecule has 2 aliphatic rings. The van der Waals surface area contributed by atoms with E-state index in [-0.39, 0.29) is 34.5 Å². The van der Waals surface area contributed by atoms with Crippen LogP contribution in [-0.4, -0.2) is 23.6 Å². The molecule has 2 rings (SSSR count). The summed E-state index contributed by atoms with van der Waals surface area (Å²) in [4.78, 5) is 24.2. The highest BCUT2D eigenvalue weighted by Gasteiger charge is 2.38. The van der Waals surface area contributed by atoms with Crippen LogP contribution in [0.3, 0.4) is 0 Å². The molecule has 2 fully saturated rings. The number of carbonyl (C=O) groups excluding carboxylic acids is 2. The van der Waals surface area contributed by atoms with E-state index >= 15 is 0 Å². The van der Waals surface area contributed by atoms with Crippen LogP contribution >= 0.6 is 0 Å². The van der Waals surface area contributed by atoms with E-state index in [0.717, 1.165) is 31.6 Å². The van der Waals surface area contributed by atoms with Gasteiger partial charge in [0.25, 0.3) is 0 Å². The van der Waals surface area contributed by atoms with Crippen LogP contribution in [0.5, 0.6) is 0 Å². The third-order valence-corrected chi connectivity index (χ3v) is 8.99. The van der Waals surface area contributed by atoms with E-state index in [9.17, 15) is 9.59 Å². The molecule has 206 valence electrons. The molecule has 0 atom stereocenters. The van der Waals surface area contributed by atoms with Gasteiger partial charge in [0.2, 0.25) is 0 Å². The van der Waals surface area contributed by atoms with Gasteiger partial charge in [-0.05, 0) is 110 Å². The Balaban J connectivity index is 0.000000351. The van der Waals surface area contributed by atoms with Crippen LogP contribution in [0.25, 0.3) is 0 Å². The molecule has 0 spiro atoms. The van der Waals surface area contributed by atoms with E-state index < -0.39 is 0 Å². The van der Waals surface area contributed by atoms with E-state index in [2.05, 4.69) is 34.6 Å². The lowest BCUT2D eigenvalue weighted by Gasteiger charge is -2.38. The summed E-state index contributed by atoms with van der Waals surface area (Å²) in [5.41, 5.74) is -0.603. The average molecular weight is 495 g/mol. The number of hydrogen-bond donors (Lipinski definition) is 0. The summed E-state index contributed by atoms with van der Waals surface area (Å²) < 4.78 is 11.5. The minimum absolute atomic E-state index is 0.0239. The Kier molecular flexibility index (Phi) is 11.8. The molecule has 4 nitrogen and oxygen atoms in total. The van der Waals surface area contributed by atoms with Gasteiger partial charge >= 0.3 is 11.9 Å². The molecule has 0 amide bonds. The molecule has 2 saturated carbocycles. The molecular formula is C31H58O4. The van der Waals surface area contributed by atoms with Gasteiger partial charge in [0, 0.05) is 0 Å². The lowest BCUT2D eigenvalue weighted by Crippen LogP contribution is -2.41. The second-order valence-electron chi connectivity index (χ2n) is 14.0. The first-order valence-corrected chi connectivity index (χ1v) is 14.4. The zero-order valence-corrected chi connectivity index (χ0v) is 25.1. The number of carbonyl (C=O) groups is 2. The van der Waals surface area contributed by atoms with Crippen molar-refractivity contribution in [1.29, 1.82) is 0 Å². The first-order valence-electron chi connectivity index (χ1n) is 14.4. The average Bonchev–Trinajstić information content (AvgIpc) is 2.79. The SMILES string of the molecule is CCC(C)(C)C(=O)OC(C)(C)C1CCCCC1.CCC(C)(C)C(=O)OC1CCC(C(C)(C)C)CC1. The van der Waals surface area contributed by atoms with Crippen molar-refractivity contribution in [3.8, 4) is 0 Å². The highest BCUT2D eigenvalue weighted by Crippen LogP contribution is 2.39. The largest absolute Gasteiger partial charge is 0.462 e. The van der Waals surface area contributed by atoms with Gasteiger partial charge in [-0.3, -0.25) is 9.59 Å². The topological polar surface area (TPSA) is 52.6 Å². The van der Waals surface area contributed by atoms with Crippen molar-refractivity contribution in [3.05, 3.63) is 0 Å². The van der Waals surface area contributed by atoms with Crippen LogP contribution in [0.4, 0.5) is 0 Å². The summed E-state index contributed by atoms with van der Waals surface area (Å²) in [6.45, 7) is 23.0. The van der Waals surface area contributed by atoms with Crippen molar-refractivity contribution < 1.29 is 19.1 Å². The molecule has 0 bridgehead atoms. The monoisotopic (exact) mass is 494 g/mol. The summed E-state index contributed by atoms with van der Waals surface area (Å²) in [5.74, 6) is 1.24. The number of hydrogen-bond acceptors (Lipinski definition) is 4. The van der Waals surface area contributed by atoms with Crippen molar-refractivity contribution in [1.82, 2.24) is 0 Å². The van der Waals surface area contributed by atoms with E-state index in [1.54, 1.807) is 0 Å². The standard InChI is InChI=1S/C16H30O2.C15H28O2/c1-7-16(5,6)14(17)18-13-10-8-12(9-11-13)15(2,3)4;1-6-14(2,3)13(16)17-15(4,5)12-10-8-7-9-11-12/h12-13H,7-11H2,1-6H3;12H,6-11H2,1-5H3. The summed E-state index contributed by atoms with van der Waals surface area (Å²) in [6, 6.07) is 0. The van der Waals surface area contributed by atoms with Gasteiger partial charge in [-0.2, -0.15) is 0 Å². The van der Waals surface area contributed by atoms with Crippen molar-refractivity contribution in [2.24, 2.45) is 28.1 Å². The molecular weight excluding hydrogens is 436 g/mol. The van der Waals surface area contributed by atoms with Crippen molar-refractivity contribution in [2.45, 2.75) is 158 Å². The Bertz CT molecular complexity index is 654. The minimum Gasteiger partial charge on any atom is -0.462 e. The highest BCUT2D eigenvalue weighted by molar-refractivity contribution is 5.76. The second kappa shape index (κ2) is 13.0. The van der Waals surface area contributed by atoms with Gasteiger partial charge < -0.3 is 9.47 Å². The van der Waals surface area contributed by atoms with Crippen molar-refractivity contribution in [2.75, 3.05) is 0 Å². The summed E-state index contributed by atoms with van der Waals surface area (Å²) in [5, 5.41) is 0. The van der Waals surface area contributed by atoms with Gasteiger partial charge in [0.05, 0.1) is 10.8 Å². The molecule has 4 heteroatoms. The fourth-order valence-electron chi connectivity index (χ4n) is 4.90. The molecule has 0 aromatic rings. The number of ether oxygens (including phenoxy) is 2. The number of rotatable bonds is 7. The third kappa shape index (κ3) is 10.1. The summed E-state index contributed by atoms with van der Waals surface area (Å²) >= 11 is 0. The lowest BCUT2D eigenvalue weighted by atomic mass is 9.72. The van der Waals surface area contributed by atoms with Crippen LogP contribution in [0.2, 0.25) is 0 Å². The van der Waals surface area contributed by atoms with Gasteiger partial charge in [-0.1, -0.05) is 53.9 Å². The Hall–Kier alpha value is -1.06. The van der Waals surface area contributed by atoms with E-state index in [4.69, 9.17) is 9.47 Å². The minimum atomic E-state index is -0.355. The van der Waals surface area contributed by atoms with Gasteiger partial charge in [0.1, 0.15) is 11.7 Å². The van der Waals surface area contributed by atoms with Crippen molar-refractivity contribution >= 4 is 11.9 Å². The molecule has 0 aromatic carbocycles. The molecule has 0 N–H and O–H groups in total. The Morgan fingerprint density at radius 2 is 1.09 bits per heavy atom. The second-order valence-corrected chi connectivity index (χ2v) is 14.0. The molecule has 0 aliphatic heterocycles. The van der Waals surface area contributed by atoms with Crippen molar-refractivity contribution in [3.63, 3.8) is 0 Å². The predicted molar refractivity (Wildman–Crippen MR) is 146 cm³/mol. The number of esters is 2. The Morgan fingerprint density at radius 3 is 1.51 bits per heavy atom. The quantitative estimate of drug-likeness (QED) is 0.332. The molecule has 0 heterocycles. The molecule has 0 saturated heterocycles. The lowest BCUT2D eigenvalue weighted by molar-refractivity contribution is -0.174. The van der Waals surface area contributed by atoms with E-state index in [1.165, 1.54) is 44.9 Å². The molecule has 2 aliphatic carbocycles. The summed E-state index contributed by atoms with van der Waals surface area (Å²) in [6.07, 6.45) is 12.6. The molecule has 0 unspecified atom stereocenters. The smallest absolute Gasteiger partial charge is 0.312 e. The third-order valence-electron chi connectivity index (χ3n) is 8.99. The van der Waals surface area contributed by atoms with E-state index in [0.29, 0.717) is 11.3 Å². The predicted octanol–water partition coefficient (Wildman–Crippen LogP) is 8.90. The first kappa shape index (κ1) is 32.0. The van der Waals surface area contributed by atoms with Crippen LogP contribution in [0.15, 0.2) is 0 Å². The van der Waals surface area contributed by atoms with Crippen LogP contribution in [0, 0.1) is 28.1 Å². The molecule has 35 heavy (non-hydrogen) atoms. The molecule has 0 radical (unpaired) electrons. The normalized spacial score (nSPS) is 22.6. The highest BCUT2D eigenvalue weighted by atomic mass is 16.6. The fraction of sp³-hybridized carbons (Fsp3) is 0.935. The van der Waals surface area contributed by atoms with Crippen LogP contribution in [0.1, 0.15) is 147 Å². The van der Waals surface area contributed by atoms with Crippen LogP contribution < -0.4 is 0 Å². The van der Waals surface area contributed by atoms with Gasteiger partial charge in [0.15, 0.2) is 0 Å². The first-order chi connectivity index (χ1) is 16.0. The van der Waals surface area contributed by atoms with Gasteiger partial charge in [-0.25, -0.2) is 0 Å². The Morgan fingerprint density at radius 1 is 0.629 bits per heavy atom. The van der Waals surface area contributed by atoms with Gasteiger partial charge in [-0.15, -0.1) is 0 Å². The summed E-state index contributed by atoms with van der Waals surface area (Å²) in [7, 11) is 0. The Labute approximate surface area is 217 Å². The van der Waals surface area contributed by atoms with E-state index in [1.807, 2.05) is 41.5 Å². The zero-order chi connectivity index (χ0) is 27.1. The molecule has 0 aromatic heterocycles. The van der Waals surface area contributed by atoms with Crippen LogP contribution in [-0.2, 0) is 19.1 Å². The maximum absolute atomic E-state index is 12.1. The zero-order valence-electron chi connectivity index (χ0n) is 25.1.